The first-order valence-corrected chi connectivity index (χ1v) is 10.2. The predicted octanol–water partition coefficient (Wildman–Crippen LogP) is 3.21. The highest BCUT2D eigenvalue weighted by Gasteiger charge is 2.34. The molecule has 1 fully saturated rings. The summed E-state index contributed by atoms with van der Waals surface area (Å²) < 4.78 is 0. The van der Waals surface area contributed by atoms with Gasteiger partial charge in [0, 0.05) is 12.1 Å². The molecule has 0 aromatic heterocycles. The molecule has 6 nitrogen and oxygen atoms in total. The van der Waals surface area contributed by atoms with Crippen LogP contribution in [0.2, 0.25) is 0 Å². The molecule has 1 aliphatic rings. The van der Waals surface area contributed by atoms with Crippen LogP contribution in [0.5, 0.6) is 0 Å². The molecule has 1 atom stereocenters. The van der Waals surface area contributed by atoms with Crippen molar-refractivity contribution in [3.8, 4) is 0 Å². The summed E-state index contributed by atoms with van der Waals surface area (Å²) >= 11 is 0. The average Bonchev–Trinajstić information content (AvgIpc) is 2.69. The van der Waals surface area contributed by atoms with Gasteiger partial charge in [-0.3, -0.25) is 9.69 Å². The summed E-state index contributed by atoms with van der Waals surface area (Å²) in [5.41, 5.74) is 2.23. The van der Waals surface area contributed by atoms with Gasteiger partial charge in [0.15, 0.2) is 0 Å². The van der Waals surface area contributed by atoms with E-state index in [4.69, 9.17) is 5.11 Å². The van der Waals surface area contributed by atoms with Gasteiger partial charge in [0.05, 0.1) is 12.6 Å². The Morgan fingerprint density at radius 2 is 1.69 bits per heavy atom. The lowest BCUT2D eigenvalue weighted by atomic mass is 9.85. The van der Waals surface area contributed by atoms with Gasteiger partial charge < -0.3 is 15.7 Å². The number of rotatable bonds is 9. The van der Waals surface area contributed by atoms with Crippen LogP contribution in [0.15, 0.2) is 60.7 Å². The molecule has 29 heavy (non-hydrogen) atoms. The molecule has 154 valence electrons. The van der Waals surface area contributed by atoms with Crippen LogP contribution in [0.3, 0.4) is 0 Å². The van der Waals surface area contributed by atoms with Crippen molar-refractivity contribution in [3.05, 3.63) is 71.8 Å². The Morgan fingerprint density at radius 3 is 2.28 bits per heavy atom. The molecule has 1 unspecified atom stereocenters. The van der Waals surface area contributed by atoms with Gasteiger partial charge in [-0.25, -0.2) is 4.79 Å². The van der Waals surface area contributed by atoms with Gasteiger partial charge in [-0.2, -0.15) is 0 Å². The number of carbonyl (C=O) groups is 2. The Balaban J connectivity index is 1.55. The van der Waals surface area contributed by atoms with Gasteiger partial charge in [0.1, 0.15) is 0 Å². The zero-order chi connectivity index (χ0) is 20.6. The minimum absolute atomic E-state index is 0.0488. The third kappa shape index (κ3) is 6.06. The Bertz CT molecular complexity index is 792. The second kappa shape index (κ2) is 10.1. The third-order valence-corrected chi connectivity index (χ3v) is 5.50. The van der Waals surface area contributed by atoms with E-state index in [-0.39, 0.29) is 30.7 Å². The van der Waals surface area contributed by atoms with Gasteiger partial charge in [0.25, 0.3) is 0 Å². The average molecular weight is 396 g/mol. The molecule has 0 spiro atoms. The molecule has 3 N–H and O–H groups in total. The zero-order valence-electron chi connectivity index (χ0n) is 16.8. The molecule has 0 radical (unpaired) electrons. The number of nitrogens with one attached hydrogen (secondary N) is 2. The van der Waals surface area contributed by atoms with E-state index in [1.54, 1.807) is 0 Å². The van der Waals surface area contributed by atoms with E-state index in [1.807, 2.05) is 60.4 Å². The highest BCUT2D eigenvalue weighted by molar-refractivity contribution is 5.75. The van der Waals surface area contributed by atoms with Gasteiger partial charge in [0.2, 0.25) is 0 Å². The van der Waals surface area contributed by atoms with E-state index >= 15 is 0 Å². The van der Waals surface area contributed by atoms with Crippen molar-refractivity contribution in [2.45, 2.75) is 44.3 Å². The van der Waals surface area contributed by atoms with E-state index < -0.39 is 5.97 Å². The van der Waals surface area contributed by atoms with Crippen LogP contribution in [0.4, 0.5) is 4.79 Å². The lowest BCUT2D eigenvalue weighted by molar-refractivity contribution is -0.139. The van der Waals surface area contributed by atoms with Crippen molar-refractivity contribution in [2.75, 3.05) is 13.1 Å². The largest absolute Gasteiger partial charge is 0.480 e. The van der Waals surface area contributed by atoms with Gasteiger partial charge in [-0.15, -0.1) is 0 Å². The maximum atomic E-state index is 12.6. The number of hydrogen-bond acceptors (Lipinski definition) is 3. The van der Waals surface area contributed by atoms with E-state index in [2.05, 4.69) is 22.8 Å². The van der Waals surface area contributed by atoms with Crippen LogP contribution in [0.1, 0.15) is 36.9 Å². The van der Waals surface area contributed by atoms with Crippen molar-refractivity contribution >= 4 is 12.0 Å². The van der Waals surface area contributed by atoms with E-state index in [0.717, 1.165) is 24.0 Å². The number of carboxylic acids is 1. The second-order valence-corrected chi connectivity index (χ2v) is 7.55. The number of likely N-dealkylation sites (N-methyl/N-ethyl adjacent to an activating group) is 1. The van der Waals surface area contributed by atoms with Gasteiger partial charge >= 0.3 is 12.0 Å². The van der Waals surface area contributed by atoms with Crippen molar-refractivity contribution in [1.82, 2.24) is 15.5 Å². The maximum Gasteiger partial charge on any atom is 0.317 e. The summed E-state index contributed by atoms with van der Waals surface area (Å²) in [6, 6.07) is 20.1. The molecule has 3 rings (SSSR count). The quantitative estimate of drug-likeness (QED) is 0.609. The Morgan fingerprint density at radius 1 is 1.07 bits per heavy atom. The highest BCUT2D eigenvalue weighted by Crippen LogP contribution is 2.26. The molecular formula is C23H29N3O3. The summed E-state index contributed by atoms with van der Waals surface area (Å²) in [6.07, 6.45) is 2.28. The molecular weight excluding hydrogens is 366 g/mol. The van der Waals surface area contributed by atoms with E-state index in [9.17, 15) is 9.59 Å². The molecule has 0 aliphatic heterocycles. The molecule has 6 heteroatoms. The van der Waals surface area contributed by atoms with Gasteiger partial charge in [-0.05, 0) is 36.9 Å². The number of hydrogen-bond donors (Lipinski definition) is 3. The molecule has 0 heterocycles. The third-order valence-electron chi connectivity index (χ3n) is 5.50. The monoisotopic (exact) mass is 395 g/mol. The van der Waals surface area contributed by atoms with Crippen molar-refractivity contribution in [2.24, 2.45) is 0 Å². The van der Waals surface area contributed by atoms with Crippen LogP contribution in [-0.2, 0) is 11.2 Å². The molecule has 2 amide bonds. The van der Waals surface area contributed by atoms with E-state index in [1.165, 1.54) is 0 Å². The van der Waals surface area contributed by atoms with Gasteiger partial charge in [-0.1, -0.05) is 67.6 Å². The number of benzene rings is 2. The SMILES string of the molecule is CCN(CC(=O)O)C1CC(NC(=O)NC(Cc2ccccc2)c2ccccc2)C1. The smallest absolute Gasteiger partial charge is 0.317 e. The summed E-state index contributed by atoms with van der Waals surface area (Å²) in [4.78, 5) is 25.5. The van der Waals surface area contributed by atoms with Crippen molar-refractivity contribution < 1.29 is 14.7 Å². The predicted molar refractivity (Wildman–Crippen MR) is 113 cm³/mol. The summed E-state index contributed by atoms with van der Waals surface area (Å²) in [7, 11) is 0. The zero-order valence-corrected chi connectivity index (χ0v) is 16.8. The molecule has 1 saturated carbocycles. The highest BCUT2D eigenvalue weighted by atomic mass is 16.4. The maximum absolute atomic E-state index is 12.6. The summed E-state index contributed by atoms with van der Waals surface area (Å²) in [5.74, 6) is -0.812. The van der Waals surface area contributed by atoms with Crippen LogP contribution >= 0.6 is 0 Å². The molecule has 2 aromatic rings. The molecule has 0 saturated heterocycles. The number of urea groups is 1. The van der Waals surface area contributed by atoms with Crippen LogP contribution in [0.25, 0.3) is 0 Å². The topological polar surface area (TPSA) is 81.7 Å². The first kappa shape index (κ1) is 20.9. The molecule has 2 aromatic carbocycles. The summed E-state index contributed by atoms with van der Waals surface area (Å²) in [5, 5.41) is 15.2. The molecule has 1 aliphatic carbocycles. The Kier molecular flexibility index (Phi) is 7.25. The first-order valence-electron chi connectivity index (χ1n) is 10.2. The van der Waals surface area contributed by atoms with Crippen LogP contribution < -0.4 is 10.6 Å². The standard InChI is InChI=1S/C23H29N3O3/c1-2-26(16-22(27)28)20-14-19(15-20)24-23(29)25-21(18-11-7-4-8-12-18)13-17-9-5-3-6-10-17/h3-12,19-21H,2,13-16H2,1H3,(H,27,28)(H2,24,25,29). The van der Waals surface area contributed by atoms with Crippen molar-refractivity contribution in [3.63, 3.8) is 0 Å². The Labute approximate surface area is 171 Å². The number of carbonyl (C=O) groups excluding carboxylic acids is 1. The number of amides is 2. The van der Waals surface area contributed by atoms with Crippen molar-refractivity contribution in [1.29, 1.82) is 0 Å². The van der Waals surface area contributed by atoms with Crippen LogP contribution in [0, 0.1) is 0 Å². The lowest BCUT2D eigenvalue weighted by Crippen LogP contribution is -2.56. The van der Waals surface area contributed by atoms with Crippen LogP contribution in [-0.4, -0.2) is 47.2 Å². The normalized spacial score (nSPS) is 19.2. The fourth-order valence-electron chi connectivity index (χ4n) is 3.85. The Hall–Kier alpha value is -2.86. The minimum atomic E-state index is -0.812. The molecule has 0 bridgehead atoms. The summed E-state index contributed by atoms with van der Waals surface area (Å²) in [6.45, 7) is 2.71. The number of aliphatic carboxylic acids is 1. The number of nitrogens with zero attached hydrogens (tertiary/aromatic N) is 1. The first-order chi connectivity index (χ1) is 14.0. The van der Waals surface area contributed by atoms with E-state index in [0.29, 0.717) is 13.0 Å². The second-order valence-electron chi connectivity index (χ2n) is 7.55. The fourth-order valence-corrected chi connectivity index (χ4v) is 3.85. The number of carboxylic acid groups (broad SMARTS) is 1. The lowest BCUT2D eigenvalue weighted by Gasteiger charge is -2.42. The fraction of sp³-hybridized carbons (Fsp3) is 0.391. The minimum Gasteiger partial charge on any atom is -0.480 e.